The Balaban J connectivity index is 2.10. The molecule has 0 aromatic carbocycles. The van der Waals surface area contributed by atoms with Gasteiger partial charge in [0.2, 0.25) is 5.95 Å². The van der Waals surface area contributed by atoms with Crippen LogP contribution in [0.4, 0.5) is 5.95 Å². The molecular formula is C12H17N5O4. The first kappa shape index (κ1) is 14.0. The maximum Gasteiger partial charge on any atom is 0.280 e. The maximum absolute atomic E-state index is 11.8. The van der Waals surface area contributed by atoms with Gasteiger partial charge in [-0.3, -0.25) is 14.3 Å². The van der Waals surface area contributed by atoms with Gasteiger partial charge in [-0.05, 0) is 0 Å². The number of hydrogen-bond donors (Lipinski definition) is 3. The van der Waals surface area contributed by atoms with E-state index >= 15 is 0 Å². The minimum Gasteiger partial charge on any atom is -0.394 e. The highest BCUT2D eigenvalue weighted by Gasteiger charge is 2.43. The summed E-state index contributed by atoms with van der Waals surface area (Å²) in [4.78, 5) is 22.4. The molecule has 114 valence electrons. The standard InChI is InChI=1S/C12H17N5O4/c1-5-6(3-18)21-11(8(5)20-2)17-4-14-7-9(17)15-12(13)16-10(7)19/h4-6,8,11,18H,3H2,1-2H3,(H3,13,15,16,19)/t5-,6-,8-,11-/m1/s1. The number of anilines is 1. The van der Waals surface area contributed by atoms with Crippen molar-refractivity contribution in [3.05, 3.63) is 16.7 Å². The fourth-order valence-corrected chi connectivity index (χ4v) is 2.75. The summed E-state index contributed by atoms with van der Waals surface area (Å²) in [5.41, 5.74) is 5.68. The Bertz CT molecular complexity index is 711. The zero-order valence-electron chi connectivity index (χ0n) is 11.7. The first-order valence-corrected chi connectivity index (χ1v) is 6.58. The predicted molar refractivity (Wildman–Crippen MR) is 73.5 cm³/mol. The summed E-state index contributed by atoms with van der Waals surface area (Å²) in [5.74, 6) is -0.00485. The molecule has 4 N–H and O–H groups in total. The first-order chi connectivity index (χ1) is 10.1. The summed E-state index contributed by atoms with van der Waals surface area (Å²) in [6, 6.07) is 0. The topological polar surface area (TPSA) is 128 Å². The molecule has 2 aromatic heterocycles. The average molecular weight is 295 g/mol. The van der Waals surface area contributed by atoms with Crippen LogP contribution in [0.15, 0.2) is 11.1 Å². The summed E-state index contributed by atoms with van der Waals surface area (Å²) >= 11 is 0. The van der Waals surface area contributed by atoms with Crippen molar-refractivity contribution >= 4 is 17.1 Å². The molecule has 0 aliphatic carbocycles. The minimum absolute atomic E-state index is 0.00738. The zero-order valence-corrected chi connectivity index (χ0v) is 11.7. The molecule has 0 radical (unpaired) electrons. The Morgan fingerprint density at radius 3 is 3.05 bits per heavy atom. The number of fused-ring (bicyclic) bond motifs is 1. The number of aliphatic hydroxyl groups is 1. The van der Waals surface area contributed by atoms with E-state index in [1.54, 1.807) is 11.7 Å². The van der Waals surface area contributed by atoms with E-state index in [1.165, 1.54) is 6.33 Å². The largest absolute Gasteiger partial charge is 0.394 e. The highest BCUT2D eigenvalue weighted by Crippen LogP contribution is 2.36. The number of hydrogen-bond acceptors (Lipinski definition) is 7. The van der Waals surface area contributed by atoms with E-state index in [0.717, 1.165) is 0 Å². The summed E-state index contributed by atoms with van der Waals surface area (Å²) in [7, 11) is 1.57. The third kappa shape index (κ3) is 2.09. The van der Waals surface area contributed by atoms with Crippen molar-refractivity contribution < 1.29 is 14.6 Å². The third-order valence-corrected chi connectivity index (χ3v) is 3.88. The van der Waals surface area contributed by atoms with Crippen molar-refractivity contribution in [3.8, 4) is 0 Å². The fourth-order valence-electron chi connectivity index (χ4n) is 2.75. The lowest BCUT2D eigenvalue weighted by Gasteiger charge is -2.20. The monoisotopic (exact) mass is 295 g/mol. The van der Waals surface area contributed by atoms with Gasteiger partial charge in [-0.25, -0.2) is 4.98 Å². The lowest BCUT2D eigenvalue weighted by molar-refractivity contribution is -0.0583. The van der Waals surface area contributed by atoms with Crippen LogP contribution in [0, 0.1) is 5.92 Å². The number of rotatable bonds is 3. The lowest BCUT2D eigenvalue weighted by atomic mass is 10.0. The molecule has 0 amide bonds. The quantitative estimate of drug-likeness (QED) is 0.679. The molecule has 4 atom stereocenters. The molecule has 0 bridgehead atoms. The number of nitrogens with two attached hydrogens (primary N) is 1. The van der Waals surface area contributed by atoms with E-state index < -0.39 is 11.8 Å². The Hall–Kier alpha value is -1.97. The zero-order chi connectivity index (χ0) is 15.1. The van der Waals surface area contributed by atoms with E-state index in [-0.39, 0.29) is 36.2 Å². The van der Waals surface area contributed by atoms with Crippen LogP contribution in [-0.4, -0.2) is 50.6 Å². The molecule has 1 fully saturated rings. The Morgan fingerprint density at radius 2 is 2.38 bits per heavy atom. The Kier molecular flexibility index (Phi) is 3.40. The maximum atomic E-state index is 11.8. The van der Waals surface area contributed by atoms with E-state index in [4.69, 9.17) is 15.2 Å². The van der Waals surface area contributed by atoms with Gasteiger partial charge in [-0.15, -0.1) is 0 Å². The van der Waals surface area contributed by atoms with Gasteiger partial charge in [-0.2, -0.15) is 4.98 Å². The molecule has 9 heteroatoms. The number of methoxy groups -OCH3 is 1. The smallest absolute Gasteiger partial charge is 0.280 e. The molecule has 0 unspecified atom stereocenters. The molecule has 2 aromatic rings. The number of nitrogens with zero attached hydrogens (tertiary/aromatic N) is 3. The predicted octanol–water partition coefficient (Wildman–Crippen LogP) is -0.757. The van der Waals surface area contributed by atoms with Crippen LogP contribution in [0.1, 0.15) is 13.2 Å². The van der Waals surface area contributed by atoms with Crippen LogP contribution < -0.4 is 11.3 Å². The summed E-state index contributed by atoms with van der Waals surface area (Å²) < 4.78 is 12.9. The molecule has 1 aliphatic rings. The van der Waals surface area contributed by atoms with Crippen LogP contribution in [-0.2, 0) is 9.47 Å². The van der Waals surface area contributed by atoms with Gasteiger partial charge < -0.3 is 20.3 Å². The average Bonchev–Trinajstić information content (AvgIpc) is 2.99. The number of aromatic amines is 1. The van der Waals surface area contributed by atoms with Gasteiger partial charge >= 0.3 is 0 Å². The molecule has 0 spiro atoms. The summed E-state index contributed by atoms with van der Waals surface area (Å²) in [5, 5.41) is 9.37. The van der Waals surface area contributed by atoms with Crippen molar-refractivity contribution in [3.63, 3.8) is 0 Å². The molecule has 3 heterocycles. The number of nitrogen functional groups attached to an aromatic ring is 1. The SMILES string of the molecule is CO[C@@H]1[C@H](C)[C@@H](CO)O[C@H]1n1cnc2c(=O)[nH]c(N)nc21. The summed E-state index contributed by atoms with van der Waals surface area (Å²) in [6.07, 6.45) is 0.301. The van der Waals surface area contributed by atoms with Gasteiger partial charge in [0.25, 0.3) is 5.56 Å². The second-order valence-corrected chi connectivity index (χ2v) is 5.08. The van der Waals surface area contributed by atoms with Crippen molar-refractivity contribution in [2.75, 3.05) is 19.5 Å². The number of aromatic nitrogens is 4. The molecule has 9 nitrogen and oxygen atoms in total. The second-order valence-electron chi connectivity index (χ2n) is 5.08. The molecule has 0 saturated carbocycles. The number of imidazole rings is 1. The van der Waals surface area contributed by atoms with Gasteiger partial charge in [0, 0.05) is 13.0 Å². The van der Waals surface area contributed by atoms with Crippen molar-refractivity contribution in [2.45, 2.75) is 25.4 Å². The van der Waals surface area contributed by atoms with Crippen molar-refractivity contribution in [1.29, 1.82) is 0 Å². The molecular weight excluding hydrogens is 278 g/mol. The highest BCUT2D eigenvalue weighted by molar-refractivity contribution is 5.70. The molecule has 1 saturated heterocycles. The lowest BCUT2D eigenvalue weighted by Crippen LogP contribution is -2.27. The van der Waals surface area contributed by atoms with Crippen molar-refractivity contribution in [1.82, 2.24) is 19.5 Å². The third-order valence-electron chi connectivity index (χ3n) is 3.88. The van der Waals surface area contributed by atoms with Gasteiger partial charge in [0.15, 0.2) is 17.4 Å². The minimum atomic E-state index is -0.527. The number of ether oxygens (including phenoxy) is 2. The summed E-state index contributed by atoms with van der Waals surface area (Å²) in [6.45, 7) is 1.82. The highest BCUT2D eigenvalue weighted by atomic mass is 16.6. The second kappa shape index (κ2) is 5.10. The van der Waals surface area contributed by atoms with E-state index in [1.807, 2.05) is 6.92 Å². The van der Waals surface area contributed by atoms with Gasteiger partial charge in [0.1, 0.15) is 6.10 Å². The molecule has 1 aliphatic heterocycles. The van der Waals surface area contributed by atoms with Crippen LogP contribution >= 0.6 is 0 Å². The molecule has 21 heavy (non-hydrogen) atoms. The molecule has 3 rings (SSSR count). The van der Waals surface area contributed by atoms with Gasteiger partial charge in [-0.1, -0.05) is 6.92 Å². The van der Waals surface area contributed by atoms with E-state index in [2.05, 4.69) is 15.0 Å². The van der Waals surface area contributed by atoms with E-state index in [9.17, 15) is 9.90 Å². The van der Waals surface area contributed by atoms with Crippen LogP contribution in [0.2, 0.25) is 0 Å². The first-order valence-electron chi connectivity index (χ1n) is 6.58. The normalized spacial score (nSPS) is 29.3. The van der Waals surface area contributed by atoms with Crippen LogP contribution in [0.5, 0.6) is 0 Å². The van der Waals surface area contributed by atoms with Crippen molar-refractivity contribution in [2.24, 2.45) is 5.92 Å². The number of nitrogens with one attached hydrogen (secondary N) is 1. The fraction of sp³-hybridized carbons (Fsp3) is 0.583. The number of H-pyrrole nitrogens is 1. The Morgan fingerprint density at radius 1 is 1.62 bits per heavy atom. The van der Waals surface area contributed by atoms with E-state index in [0.29, 0.717) is 5.65 Å². The Labute approximate surface area is 119 Å². The van der Waals surface area contributed by atoms with Gasteiger partial charge in [0.05, 0.1) is 19.0 Å². The van der Waals surface area contributed by atoms with Crippen LogP contribution in [0.3, 0.4) is 0 Å². The number of aliphatic hydroxyl groups excluding tert-OH is 1. The van der Waals surface area contributed by atoms with Crippen LogP contribution in [0.25, 0.3) is 11.2 Å².